The average Bonchev–Trinajstić information content (AvgIpc) is 3.28. The van der Waals surface area contributed by atoms with Gasteiger partial charge in [0.05, 0.1) is 18.5 Å². The van der Waals surface area contributed by atoms with Crippen LogP contribution >= 0.6 is 0 Å². The molecule has 0 bridgehead atoms. The molecule has 1 fully saturated rings. The Morgan fingerprint density at radius 1 is 1.15 bits per heavy atom. The zero-order valence-corrected chi connectivity index (χ0v) is 20.3. The molecule has 0 unspecified atom stereocenters. The normalized spacial score (nSPS) is 17.1. The number of rotatable bonds is 18. The van der Waals surface area contributed by atoms with Crippen molar-refractivity contribution in [1.29, 1.82) is 0 Å². The first-order valence-corrected chi connectivity index (χ1v) is 12.4. The Labute approximate surface area is 202 Å². The van der Waals surface area contributed by atoms with Gasteiger partial charge in [0.2, 0.25) is 11.8 Å². The van der Waals surface area contributed by atoms with Crippen molar-refractivity contribution in [2.75, 3.05) is 19.6 Å². The predicted octanol–water partition coefficient (Wildman–Crippen LogP) is 0.508. The molecule has 0 radical (unpaired) electrons. The lowest BCUT2D eigenvalue weighted by Gasteiger charge is -2.29. The third kappa shape index (κ3) is 11.4. The lowest BCUT2D eigenvalue weighted by atomic mass is 10.1. The SMILES string of the molecule is CCCCCCCCN[C@@H](CC(=O)O)C(=O)N1CCC[C@H]1C(=O)N[C@H](C=O)CCCN=C(N)N. The molecule has 0 aromatic carbocycles. The topological polar surface area (TPSA) is 180 Å². The van der Waals surface area contributed by atoms with Crippen LogP contribution in [-0.4, -0.2) is 77.8 Å². The molecule has 1 rings (SSSR count). The van der Waals surface area contributed by atoms with Gasteiger partial charge in [0, 0.05) is 13.1 Å². The molecule has 7 N–H and O–H groups in total. The van der Waals surface area contributed by atoms with Gasteiger partial charge in [-0.1, -0.05) is 39.0 Å². The van der Waals surface area contributed by atoms with Crippen molar-refractivity contribution >= 4 is 30.0 Å². The zero-order chi connectivity index (χ0) is 25.3. The minimum absolute atomic E-state index is 0.0344. The molecule has 1 aliphatic rings. The monoisotopic (exact) mass is 482 g/mol. The number of nitrogens with one attached hydrogen (secondary N) is 2. The van der Waals surface area contributed by atoms with Gasteiger partial charge < -0.3 is 36.9 Å². The van der Waals surface area contributed by atoms with E-state index in [1.165, 1.54) is 24.2 Å². The standard InChI is InChI=1S/C23H42N6O5/c1-2-3-4-5-6-7-12-26-18(15-20(31)32)22(34)29-14-9-11-19(29)21(33)28-17(16-30)10-8-13-27-23(24)25/h16-19,26H,2-15H2,1H3,(H,28,33)(H,31,32)(H4,24,25,27)/t17-,18-,19-/m0/s1. The van der Waals surface area contributed by atoms with Crippen LogP contribution in [0.3, 0.4) is 0 Å². The number of nitrogens with two attached hydrogens (primary N) is 2. The van der Waals surface area contributed by atoms with Crippen LogP contribution in [-0.2, 0) is 19.2 Å². The molecule has 2 amide bonds. The number of carboxylic acids is 1. The Kier molecular flexibility index (Phi) is 14.5. The smallest absolute Gasteiger partial charge is 0.305 e. The van der Waals surface area contributed by atoms with Crippen molar-refractivity contribution in [3.8, 4) is 0 Å². The van der Waals surface area contributed by atoms with Crippen LogP contribution in [0.4, 0.5) is 0 Å². The third-order valence-electron chi connectivity index (χ3n) is 5.90. The van der Waals surface area contributed by atoms with Crippen molar-refractivity contribution in [2.45, 2.75) is 95.7 Å². The Morgan fingerprint density at radius 3 is 2.50 bits per heavy atom. The first-order chi connectivity index (χ1) is 16.3. The van der Waals surface area contributed by atoms with Crippen LogP contribution < -0.4 is 22.1 Å². The maximum atomic E-state index is 13.1. The lowest BCUT2D eigenvalue weighted by Crippen LogP contribution is -2.54. The number of aldehydes is 1. The predicted molar refractivity (Wildman–Crippen MR) is 130 cm³/mol. The van der Waals surface area contributed by atoms with Crippen molar-refractivity contribution in [2.24, 2.45) is 16.5 Å². The van der Waals surface area contributed by atoms with E-state index in [4.69, 9.17) is 11.5 Å². The molecule has 11 nitrogen and oxygen atoms in total. The summed E-state index contributed by atoms with van der Waals surface area (Å²) in [6.45, 7) is 3.42. The number of amides is 2. The van der Waals surface area contributed by atoms with Gasteiger partial charge in [0.1, 0.15) is 12.3 Å². The summed E-state index contributed by atoms with van der Waals surface area (Å²) in [4.78, 5) is 54.0. The van der Waals surface area contributed by atoms with E-state index in [2.05, 4.69) is 22.5 Å². The number of hydrogen-bond acceptors (Lipinski definition) is 6. The summed E-state index contributed by atoms with van der Waals surface area (Å²) in [5, 5.41) is 15.1. The fourth-order valence-corrected chi connectivity index (χ4v) is 4.08. The number of guanidine groups is 1. The highest BCUT2D eigenvalue weighted by Crippen LogP contribution is 2.20. The van der Waals surface area contributed by atoms with E-state index in [1.54, 1.807) is 0 Å². The van der Waals surface area contributed by atoms with E-state index < -0.39 is 30.0 Å². The number of carboxylic acid groups (broad SMARTS) is 1. The van der Waals surface area contributed by atoms with Crippen LogP contribution in [0.5, 0.6) is 0 Å². The fraction of sp³-hybridized carbons (Fsp3) is 0.783. The number of hydrogen-bond donors (Lipinski definition) is 5. The Hall–Kier alpha value is -2.69. The summed E-state index contributed by atoms with van der Waals surface area (Å²) in [6.07, 6.45) is 8.84. The van der Waals surface area contributed by atoms with E-state index in [0.29, 0.717) is 51.6 Å². The number of aliphatic imine (C=N–C) groups is 1. The highest BCUT2D eigenvalue weighted by atomic mass is 16.4. The van der Waals surface area contributed by atoms with E-state index in [1.807, 2.05) is 0 Å². The molecule has 1 heterocycles. The highest BCUT2D eigenvalue weighted by molar-refractivity contribution is 5.92. The maximum Gasteiger partial charge on any atom is 0.305 e. The summed E-state index contributed by atoms with van der Waals surface area (Å²) in [6, 6.07) is -2.32. The molecule has 1 aliphatic heterocycles. The van der Waals surface area contributed by atoms with Gasteiger partial charge in [-0.25, -0.2) is 0 Å². The molecule has 0 saturated carbocycles. The van der Waals surface area contributed by atoms with Crippen LogP contribution in [0.2, 0.25) is 0 Å². The number of nitrogens with zero attached hydrogens (tertiary/aromatic N) is 2. The van der Waals surface area contributed by atoms with Gasteiger partial charge in [0.15, 0.2) is 5.96 Å². The quantitative estimate of drug-likeness (QED) is 0.0810. The third-order valence-corrected chi connectivity index (χ3v) is 5.90. The van der Waals surface area contributed by atoms with Gasteiger partial charge in [-0.05, 0) is 38.6 Å². The lowest BCUT2D eigenvalue weighted by molar-refractivity contribution is -0.145. The fourth-order valence-electron chi connectivity index (χ4n) is 4.08. The Balaban J connectivity index is 2.63. The molecule has 0 aromatic rings. The van der Waals surface area contributed by atoms with Gasteiger partial charge in [-0.2, -0.15) is 0 Å². The number of likely N-dealkylation sites (tertiary alicyclic amines) is 1. The highest BCUT2D eigenvalue weighted by Gasteiger charge is 2.38. The Morgan fingerprint density at radius 2 is 1.85 bits per heavy atom. The molecule has 3 atom stereocenters. The number of carbonyl (C=O) groups excluding carboxylic acids is 3. The molecule has 0 aliphatic carbocycles. The molecule has 194 valence electrons. The number of aliphatic carboxylic acids is 1. The number of unbranched alkanes of at least 4 members (excludes halogenated alkanes) is 5. The van der Waals surface area contributed by atoms with E-state index in [0.717, 1.165) is 19.3 Å². The first kappa shape index (κ1) is 29.3. The summed E-state index contributed by atoms with van der Waals surface area (Å²) in [7, 11) is 0. The molecule has 11 heteroatoms. The molecule has 0 aromatic heterocycles. The van der Waals surface area contributed by atoms with Crippen LogP contribution in [0, 0.1) is 0 Å². The van der Waals surface area contributed by atoms with Gasteiger partial charge >= 0.3 is 5.97 Å². The molecule has 0 spiro atoms. The van der Waals surface area contributed by atoms with Gasteiger partial charge in [0.25, 0.3) is 0 Å². The van der Waals surface area contributed by atoms with Crippen molar-refractivity contribution in [1.82, 2.24) is 15.5 Å². The molecule has 34 heavy (non-hydrogen) atoms. The summed E-state index contributed by atoms with van der Waals surface area (Å²) >= 11 is 0. The summed E-state index contributed by atoms with van der Waals surface area (Å²) in [5.74, 6) is -1.90. The summed E-state index contributed by atoms with van der Waals surface area (Å²) < 4.78 is 0. The minimum atomic E-state index is -1.07. The average molecular weight is 483 g/mol. The van der Waals surface area contributed by atoms with E-state index in [-0.39, 0.29) is 18.3 Å². The van der Waals surface area contributed by atoms with Crippen LogP contribution in [0.25, 0.3) is 0 Å². The van der Waals surface area contributed by atoms with Crippen LogP contribution in [0.1, 0.15) is 77.6 Å². The van der Waals surface area contributed by atoms with Crippen molar-refractivity contribution in [3.63, 3.8) is 0 Å². The maximum absolute atomic E-state index is 13.1. The van der Waals surface area contributed by atoms with E-state index >= 15 is 0 Å². The van der Waals surface area contributed by atoms with Crippen LogP contribution in [0.15, 0.2) is 4.99 Å². The molecular weight excluding hydrogens is 440 g/mol. The van der Waals surface area contributed by atoms with Crippen molar-refractivity contribution < 1.29 is 24.3 Å². The molecular formula is C23H42N6O5. The number of carbonyl (C=O) groups is 4. The first-order valence-electron chi connectivity index (χ1n) is 12.4. The minimum Gasteiger partial charge on any atom is -0.481 e. The second-order valence-electron chi connectivity index (χ2n) is 8.76. The zero-order valence-electron chi connectivity index (χ0n) is 20.3. The van der Waals surface area contributed by atoms with E-state index in [9.17, 15) is 24.3 Å². The molecule has 1 saturated heterocycles. The second-order valence-corrected chi connectivity index (χ2v) is 8.76. The van der Waals surface area contributed by atoms with Crippen molar-refractivity contribution in [3.05, 3.63) is 0 Å². The Bertz CT molecular complexity index is 683. The van der Waals surface area contributed by atoms with Gasteiger partial charge in [-0.15, -0.1) is 0 Å². The van der Waals surface area contributed by atoms with Gasteiger partial charge in [-0.3, -0.25) is 19.4 Å². The largest absolute Gasteiger partial charge is 0.481 e. The summed E-state index contributed by atoms with van der Waals surface area (Å²) in [5.41, 5.74) is 10.6. The second kappa shape index (κ2) is 16.9.